The molecule has 1 fully saturated rings. The summed E-state index contributed by atoms with van der Waals surface area (Å²) in [7, 11) is 0. The van der Waals surface area contributed by atoms with Crippen LogP contribution in [0.25, 0.3) is 5.69 Å². The summed E-state index contributed by atoms with van der Waals surface area (Å²) in [5.41, 5.74) is 1.43. The van der Waals surface area contributed by atoms with E-state index < -0.39 is 0 Å². The predicted octanol–water partition coefficient (Wildman–Crippen LogP) is 3.05. The van der Waals surface area contributed by atoms with Crippen molar-refractivity contribution in [1.29, 1.82) is 0 Å². The third-order valence-electron chi connectivity index (χ3n) is 3.61. The van der Waals surface area contributed by atoms with Crippen molar-refractivity contribution in [3.8, 4) is 5.69 Å². The quantitative estimate of drug-likeness (QED) is 0.945. The van der Waals surface area contributed by atoms with Crippen LogP contribution in [0.4, 0.5) is 5.69 Å². The zero-order chi connectivity index (χ0) is 13.9. The van der Waals surface area contributed by atoms with Gasteiger partial charge in [0, 0.05) is 10.9 Å². The highest BCUT2D eigenvalue weighted by molar-refractivity contribution is 6.31. The molecule has 1 aliphatic carbocycles. The molecule has 1 heterocycles. The molecule has 0 unspecified atom stereocenters. The van der Waals surface area contributed by atoms with Crippen LogP contribution in [0.1, 0.15) is 25.7 Å². The maximum absolute atomic E-state index is 12.2. The van der Waals surface area contributed by atoms with E-state index in [1.807, 2.05) is 6.07 Å². The molecule has 0 radical (unpaired) electrons. The molecule has 1 aliphatic rings. The van der Waals surface area contributed by atoms with Crippen LogP contribution >= 0.6 is 11.6 Å². The Kier molecular flexibility index (Phi) is 3.69. The van der Waals surface area contributed by atoms with E-state index in [1.54, 1.807) is 23.1 Å². The van der Waals surface area contributed by atoms with Crippen LogP contribution < -0.4 is 5.32 Å². The Morgan fingerprint density at radius 2 is 2.15 bits per heavy atom. The van der Waals surface area contributed by atoms with Gasteiger partial charge in [0.05, 0.1) is 11.4 Å². The first-order valence-electron chi connectivity index (χ1n) is 6.69. The highest BCUT2D eigenvalue weighted by Crippen LogP contribution is 2.28. The molecule has 0 bridgehead atoms. The van der Waals surface area contributed by atoms with E-state index in [-0.39, 0.29) is 11.8 Å². The van der Waals surface area contributed by atoms with E-state index >= 15 is 0 Å². The summed E-state index contributed by atoms with van der Waals surface area (Å²) in [6.45, 7) is 0. The molecule has 2 aromatic rings. The number of hydrogen-bond donors (Lipinski definition) is 1. The largest absolute Gasteiger partial charge is 0.324 e. The van der Waals surface area contributed by atoms with Crippen molar-refractivity contribution < 1.29 is 4.79 Å². The first-order chi connectivity index (χ1) is 9.74. The van der Waals surface area contributed by atoms with Crippen molar-refractivity contribution >= 4 is 23.2 Å². The second-order valence-corrected chi connectivity index (χ2v) is 5.41. The smallest absolute Gasteiger partial charge is 0.227 e. The molecule has 1 aromatic heterocycles. The van der Waals surface area contributed by atoms with Crippen LogP contribution in [-0.4, -0.2) is 20.7 Å². The highest BCUT2D eigenvalue weighted by Gasteiger charge is 2.23. The Morgan fingerprint density at radius 3 is 2.85 bits per heavy atom. The SMILES string of the molecule is O=C(Nc1cc(Cl)ccc1-n1cncn1)C1CCCC1. The first-order valence-corrected chi connectivity index (χ1v) is 7.07. The lowest BCUT2D eigenvalue weighted by molar-refractivity contribution is -0.119. The van der Waals surface area contributed by atoms with Crippen molar-refractivity contribution in [2.24, 2.45) is 5.92 Å². The second-order valence-electron chi connectivity index (χ2n) is 4.97. The number of halogens is 1. The van der Waals surface area contributed by atoms with Crippen molar-refractivity contribution in [2.75, 3.05) is 5.32 Å². The van der Waals surface area contributed by atoms with Gasteiger partial charge in [0.1, 0.15) is 12.7 Å². The number of rotatable bonds is 3. The van der Waals surface area contributed by atoms with Gasteiger partial charge < -0.3 is 5.32 Å². The molecule has 104 valence electrons. The maximum atomic E-state index is 12.2. The minimum absolute atomic E-state index is 0.0612. The lowest BCUT2D eigenvalue weighted by Gasteiger charge is -2.14. The maximum Gasteiger partial charge on any atom is 0.227 e. The Labute approximate surface area is 122 Å². The van der Waals surface area contributed by atoms with E-state index in [0.29, 0.717) is 10.7 Å². The highest BCUT2D eigenvalue weighted by atomic mass is 35.5. The van der Waals surface area contributed by atoms with Crippen LogP contribution in [0.3, 0.4) is 0 Å². The molecule has 1 aromatic carbocycles. The Bertz CT molecular complexity index is 606. The number of carbonyl (C=O) groups excluding carboxylic acids is 1. The van der Waals surface area contributed by atoms with Gasteiger partial charge in [-0.05, 0) is 31.0 Å². The van der Waals surface area contributed by atoms with Gasteiger partial charge in [-0.15, -0.1) is 0 Å². The number of hydrogen-bond acceptors (Lipinski definition) is 3. The van der Waals surface area contributed by atoms with Gasteiger partial charge in [-0.2, -0.15) is 5.10 Å². The normalized spacial score (nSPS) is 15.4. The Hall–Kier alpha value is -1.88. The average Bonchev–Trinajstić information content (AvgIpc) is 3.12. The number of aromatic nitrogens is 3. The van der Waals surface area contributed by atoms with Crippen molar-refractivity contribution in [1.82, 2.24) is 14.8 Å². The lowest BCUT2D eigenvalue weighted by Crippen LogP contribution is -2.21. The van der Waals surface area contributed by atoms with Crippen molar-refractivity contribution in [3.63, 3.8) is 0 Å². The van der Waals surface area contributed by atoms with Crippen LogP contribution in [-0.2, 0) is 4.79 Å². The van der Waals surface area contributed by atoms with Crippen LogP contribution in [0.2, 0.25) is 5.02 Å². The van der Waals surface area contributed by atoms with Gasteiger partial charge in [-0.1, -0.05) is 24.4 Å². The van der Waals surface area contributed by atoms with Gasteiger partial charge in [0.15, 0.2) is 0 Å². The van der Waals surface area contributed by atoms with Gasteiger partial charge in [0.25, 0.3) is 0 Å². The fraction of sp³-hybridized carbons (Fsp3) is 0.357. The minimum atomic E-state index is 0.0612. The summed E-state index contributed by atoms with van der Waals surface area (Å²) in [6, 6.07) is 5.33. The molecule has 5 nitrogen and oxygen atoms in total. The fourth-order valence-corrected chi connectivity index (χ4v) is 2.74. The zero-order valence-electron chi connectivity index (χ0n) is 10.9. The van der Waals surface area contributed by atoms with E-state index in [0.717, 1.165) is 31.4 Å². The van der Waals surface area contributed by atoms with Gasteiger partial charge in [-0.3, -0.25) is 4.79 Å². The monoisotopic (exact) mass is 290 g/mol. The third-order valence-corrected chi connectivity index (χ3v) is 3.84. The summed E-state index contributed by atoms with van der Waals surface area (Å²) in [6.07, 6.45) is 7.23. The molecule has 0 saturated heterocycles. The zero-order valence-corrected chi connectivity index (χ0v) is 11.7. The Balaban J connectivity index is 1.87. The molecule has 0 spiro atoms. The van der Waals surface area contributed by atoms with Crippen LogP contribution in [0, 0.1) is 5.92 Å². The number of carbonyl (C=O) groups is 1. The lowest BCUT2D eigenvalue weighted by atomic mass is 10.1. The van der Waals surface area contributed by atoms with Gasteiger partial charge in [0.2, 0.25) is 5.91 Å². The van der Waals surface area contributed by atoms with Crippen LogP contribution in [0.5, 0.6) is 0 Å². The summed E-state index contributed by atoms with van der Waals surface area (Å²) in [5, 5.41) is 7.64. The average molecular weight is 291 g/mol. The van der Waals surface area contributed by atoms with Crippen molar-refractivity contribution in [3.05, 3.63) is 35.9 Å². The summed E-state index contributed by atoms with van der Waals surface area (Å²) < 4.78 is 1.61. The van der Waals surface area contributed by atoms with Gasteiger partial charge >= 0.3 is 0 Å². The molecule has 0 atom stereocenters. The minimum Gasteiger partial charge on any atom is -0.324 e. The first kappa shape index (κ1) is 13.1. The summed E-state index contributed by atoms with van der Waals surface area (Å²) >= 11 is 6.02. The molecule has 1 amide bonds. The number of nitrogens with one attached hydrogen (secondary N) is 1. The van der Waals surface area contributed by atoms with Crippen molar-refractivity contribution in [2.45, 2.75) is 25.7 Å². The van der Waals surface area contributed by atoms with Gasteiger partial charge in [-0.25, -0.2) is 9.67 Å². The molecule has 1 saturated carbocycles. The number of anilines is 1. The molecule has 0 aliphatic heterocycles. The number of nitrogens with zero attached hydrogens (tertiary/aromatic N) is 3. The summed E-state index contributed by atoms with van der Waals surface area (Å²) in [5.74, 6) is 0.170. The molecule has 6 heteroatoms. The Morgan fingerprint density at radius 1 is 1.35 bits per heavy atom. The van der Waals surface area contributed by atoms with E-state index in [4.69, 9.17) is 11.6 Å². The molecular formula is C14H15ClN4O. The molecule has 20 heavy (non-hydrogen) atoms. The number of benzene rings is 1. The molecular weight excluding hydrogens is 276 g/mol. The second kappa shape index (κ2) is 5.63. The van der Waals surface area contributed by atoms with E-state index in [1.165, 1.54) is 6.33 Å². The van der Waals surface area contributed by atoms with E-state index in [9.17, 15) is 4.79 Å². The standard InChI is InChI=1S/C14H15ClN4O/c15-11-5-6-13(19-9-16-8-17-19)12(7-11)18-14(20)10-3-1-2-4-10/h5-10H,1-4H2,(H,18,20). The van der Waals surface area contributed by atoms with E-state index in [2.05, 4.69) is 15.4 Å². The fourth-order valence-electron chi connectivity index (χ4n) is 2.56. The predicted molar refractivity (Wildman–Crippen MR) is 77.0 cm³/mol. The van der Waals surface area contributed by atoms with Crippen LogP contribution in [0.15, 0.2) is 30.9 Å². The molecule has 1 N–H and O–H groups in total. The topological polar surface area (TPSA) is 59.8 Å². The third kappa shape index (κ3) is 2.67. The summed E-state index contributed by atoms with van der Waals surface area (Å²) in [4.78, 5) is 16.2. The molecule has 3 rings (SSSR count). The number of amides is 1.